The Morgan fingerprint density at radius 2 is 1.65 bits per heavy atom. The van der Waals surface area contributed by atoms with Crippen molar-refractivity contribution in [1.29, 1.82) is 0 Å². The van der Waals surface area contributed by atoms with Crippen molar-refractivity contribution in [3.05, 3.63) is 52.6 Å². The summed E-state index contributed by atoms with van der Waals surface area (Å²) in [5, 5.41) is -0.0390. The molecule has 0 saturated heterocycles. The summed E-state index contributed by atoms with van der Waals surface area (Å²) in [6.07, 6.45) is 2.66. The second-order valence-electron chi connectivity index (χ2n) is 4.45. The summed E-state index contributed by atoms with van der Waals surface area (Å²) in [5.74, 6) is -0.321. The number of hydrogen-bond donors (Lipinski definition) is 0. The maximum absolute atomic E-state index is 12.1. The molecule has 0 radical (unpaired) electrons. The van der Waals surface area contributed by atoms with Crippen molar-refractivity contribution >= 4 is 33.1 Å². The van der Waals surface area contributed by atoms with Crippen molar-refractivity contribution < 1.29 is 13.2 Å². The van der Waals surface area contributed by atoms with Crippen LogP contribution in [0.25, 0.3) is 0 Å². The molecule has 0 fully saturated rings. The summed E-state index contributed by atoms with van der Waals surface area (Å²) < 4.78 is 28.0. The van der Waals surface area contributed by atoms with Crippen LogP contribution in [0.4, 0.5) is 0 Å². The average molecular weight is 310 g/mol. The van der Waals surface area contributed by atoms with Gasteiger partial charge in [0.15, 0.2) is 5.78 Å². The number of carbonyl (C=O) groups is 1. The lowest BCUT2D eigenvalue weighted by Crippen LogP contribution is -2.11. The monoisotopic (exact) mass is 309 g/mol. The number of sulfonamides is 1. The molecule has 0 amide bonds. The van der Waals surface area contributed by atoms with Crippen molar-refractivity contribution in [2.75, 3.05) is 0 Å². The molecule has 0 aromatic heterocycles. The summed E-state index contributed by atoms with van der Waals surface area (Å²) in [6.45, 7) is 3.43. The van der Waals surface area contributed by atoms with Gasteiger partial charge in [-0.05, 0) is 38.1 Å². The van der Waals surface area contributed by atoms with Gasteiger partial charge in [-0.25, -0.2) is 0 Å². The molecule has 0 heterocycles. The molecule has 0 bridgehead atoms. The fourth-order valence-corrected chi connectivity index (χ4v) is 2.90. The zero-order valence-electron chi connectivity index (χ0n) is 10.9. The largest absolute Gasteiger partial charge is 0.288 e. The molecule has 0 unspecified atom stereocenters. The van der Waals surface area contributed by atoms with Crippen LogP contribution in [-0.4, -0.2) is 19.9 Å². The molecular formula is C14H12ClNO3S. The Kier molecular flexibility index (Phi) is 3.92. The number of rotatable bonds is 2. The molecule has 20 heavy (non-hydrogen) atoms. The summed E-state index contributed by atoms with van der Waals surface area (Å²) in [7, 11) is -3.81. The minimum Gasteiger partial charge on any atom is -0.288 e. The van der Waals surface area contributed by atoms with E-state index in [1.54, 1.807) is 19.1 Å². The molecule has 1 aromatic rings. The first-order valence-electron chi connectivity index (χ1n) is 5.81. The zero-order valence-corrected chi connectivity index (χ0v) is 12.5. The molecule has 4 nitrogen and oxygen atoms in total. The highest BCUT2D eigenvalue weighted by Gasteiger charge is 2.18. The van der Waals surface area contributed by atoms with E-state index < -0.39 is 10.0 Å². The predicted molar refractivity (Wildman–Crippen MR) is 78.5 cm³/mol. The molecule has 1 aliphatic carbocycles. The third-order valence-electron chi connectivity index (χ3n) is 2.76. The Hall–Kier alpha value is -1.72. The molecule has 0 spiro atoms. The topological polar surface area (TPSA) is 63.6 Å². The van der Waals surface area contributed by atoms with Crippen LogP contribution in [0, 0.1) is 6.92 Å². The van der Waals surface area contributed by atoms with E-state index in [0.717, 1.165) is 5.56 Å². The summed E-state index contributed by atoms with van der Waals surface area (Å²) >= 11 is 5.75. The summed E-state index contributed by atoms with van der Waals surface area (Å²) in [5.41, 5.74) is 1.46. The van der Waals surface area contributed by atoms with E-state index in [1.807, 2.05) is 6.92 Å². The smallest absolute Gasteiger partial charge is 0.282 e. The Bertz CT molecular complexity index is 732. The molecule has 0 saturated carbocycles. The van der Waals surface area contributed by atoms with Crippen LogP contribution in [0.5, 0.6) is 0 Å². The van der Waals surface area contributed by atoms with Crippen molar-refractivity contribution in [2.24, 2.45) is 4.40 Å². The normalized spacial score (nSPS) is 17.9. The number of hydrogen-bond acceptors (Lipinski definition) is 3. The van der Waals surface area contributed by atoms with Gasteiger partial charge in [0.25, 0.3) is 10.0 Å². The Morgan fingerprint density at radius 1 is 1.05 bits per heavy atom. The lowest BCUT2D eigenvalue weighted by Gasteiger charge is -2.07. The number of Topliss-reactive ketones (excluding diaryl/α,β-unsaturated/α-hetero) is 1. The maximum Gasteiger partial charge on any atom is 0.282 e. The lowest BCUT2D eigenvalue weighted by molar-refractivity contribution is -0.111. The molecule has 1 aromatic carbocycles. The first kappa shape index (κ1) is 14.7. The molecule has 2 rings (SSSR count). The lowest BCUT2D eigenvalue weighted by atomic mass is 10.1. The summed E-state index contributed by atoms with van der Waals surface area (Å²) in [4.78, 5) is 11.6. The SMILES string of the molecule is CC1=C/C(=N/S(=O)(=O)c2ccc(C)cc2)C=C(Cl)C1=O. The van der Waals surface area contributed by atoms with Crippen molar-refractivity contribution in [1.82, 2.24) is 0 Å². The van der Waals surface area contributed by atoms with Gasteiger partial charge in [0.05, 0.1) is 15.6 Å². The molecule has 0 N–H and O–H groups in total. The Labute approximate surface area is 122 Å². The van der Waals surface area contributed by atoms with E-state index in [1.165, 1.54) is 24.3 Å². The van der Waals surface area contributed by atoms with Gasteiger partial charge in [0.1, 0.15) is 0 Å². The van der Waals surface area contributed by atoms with E-state index in [-0.39, 0.29) is 21.4 Å². The van der Waals surface area contributed by atoms with Gasteiger partial charge in [-0.15, -0.1) is 0 Å². The summed E-state index contributed by atoms with van der Waals surface area (Å²) in [6, 6.07) is 6.37. The van der Waals surface area contributed by atoms with Crippen LogP contribution < -0.4 is 0 Å². The molecule has 104 valence electrons. The van der Waals surface area contributed by atoms with E-state index >= 15 is 0 Å². The molecular weight excluding hydrogens is 298 g/mol. The maximum atomic E-state index is 12.1. The fourth-order valence-electron chi connectivity index (χ4n) is 1.67. The van der Waals surface area contributed by atoms with Crippen LogP contribution in [0.2, 0.25) is 0 Å². The number of benzene rings is 1. The standard InChI is InChI=1S/C14H12ClNO3S/c1-9-3-5-12(6-4-9)20(18,19)16-11-7-10(2)14(17)13(15)8-11/h3-8H,1-2H3/b16-11-. The van der Waals surface area contributed by atoms with Gasteiger partial charge in [0.2, 0.25) is 0 Å². The van der Waals surface area contributed by atoms with Crippen molar-refractivity contribution in [2.45, 2.75) is 18.7 Å². The number of carbonyl (C=O) groups excluding carboxylic acids is 1. The van der Waals surface area contributed by atoms with Crippen LogP contribution >= 0.6 is 11.6 Å². The highest BCUT2D eigenvalue weighted by Crippen LogP contribution is 2.19. The van der Waals surface area contributed by atoms with E-state index in [2.05, 4.69) is 4.40 Å². The van der Waals surface area contributed by atoms with E-state index in [9.17, 15) is 13.2 Å². The molecule has 0 atom stereocenters. The second-order valence-corrected chi connectivity index (χ2v) is 6.46. The Balaban J connectivity index is 2.44. The van der Waals surface area contributed by atoms with Gasteiger partial charge in [-0.1, -0.05) is 29.3 Å². The van der Waals surface area contributed by atoms with Gasteiger partial charge in [-0.3, -0.25) is 4.79 Å². The van der Waals surface area contributed by atoms with Crippen molar-refractivity contribution in [3.8, 4) is 0 Å². The third kappa shape index (κ3) is 3.05. The van der Waals surface area contributed by atoms with Gasteiger partial charge < -0.3 is 0 Å². The number of allylic oxidation sites excluding steroid dienone is 4. The van der Waals surface area contributed by atoms with E-state index in [0.29, 0.717) is 5.57 Å². The van der Waals surface area contributed by atoms with Crippen LogP contribution in [0.15, 0.2) is 56.3 Å². The minimum absolute atomic E-state index is 0.0390. The number of ketones is 1. The van der Waals surface area contributed by atoms with Crippen molar-refractivity contribution in [3.63, 3.8) is 0 Å². The zero-order chi connectivity index (χ0) is 14.9. The molecule has 0 aliphatic heterocycles. The number of aryl methyl sites for hydroxylation is 1. The quantitative estimate of drug-likeness (QED) is 0.789. The molecule has 1 aliphatic rings. The number of halogens is 1. The third-order valence-corrected chi connectivity index (χ3v) is 4.36. The molecule has 6 heteroatoms. The van der Waals surface area contributed by atoms with E-state index in [4.69, 9.17) is 11.6 Å². The van der Waals surface area contributed by atoms with Crippen LogP contribution in [0.3, 0.4) is 0 Å². The first-order chi connectivity index (χ1) is 9.29. The average Bonchev–Trinajstić information content (AvgIpc) is 2.36. The number of nitrogens with zero attached hydrogens (tertiary/aromatic N) is 1. The van der Waals surface area contributed by atoms with Gasteiger partial charge in [0, 0.05) is 5.57 Å². The second kappa shape index (κ2) is 5.34. The van der Waals surface area contributed by atoms with Crippen LogP contribution in [0.1, 0.15) is 12.5 Å². The van der Waals surface area contributed by atoms with Gasteiger partial charge >= 0.3 is 0 Å². The van der Waals surface area contributed by atoms with Gasteiger partial charge in [-0.2, -0.15) is 12.8 Å². The predicted octanol–water partition coefficient (Wildman–Crippen LogP) is 2.78. The highest BCUT2D eigenvalue weighted by molar-refractivity contribution is 7.90. The minimum atomic E-state index is -3.81. The fraction of sp³-hybridized carbons (Fsp3) is 0.143. The first-order valence-corrected chi connectivity index (χ1v) is 7.63. The Morgan fingerprint density at radius 3 is 2.20 bits per heavy atom. The highest BCUT2D eigenvalue weighted by atomic mass is 35.5. The van der Waals surface area contributed by atoms with Crippen LogP contribution in [-0.2, 0) is 14.8 Å².